The van der Waals surface area contributed by atoms with Crippen LogP contribution >= 0.6 is 11.3 Å². The Hall–Kier alpha value is -2.74. The van der Waals surface area contributed by atoms with Crippen LogP contribution in [0.4, 0.5) is 0 Å². The lowest BCUT2D eigenvalue weighted by molar-refractivity contribution is -0.149. The van der Waals surface area contributed by atoms with E-state index in [0.29, 0.717) is 31.5 Å². The fourth-order valence-electron chi connectivity index (χ4n) is 2.91. The van der Waals surface area contributed by atoms with E-state index in [1.807, 2.05) is 17.5 Å². The highest BCUT2D eigenvalue weighted by Crippen LogP contribution is 2.21. The highest BCUT2D eigenvalue weighted by Gasteiger charge is 2.29. The number of thiophene rings is 1. The summed E-state index contributed by atoms with van der Waals surface area (Å²) in [7, 11) is 0. The Morgan fingerprint density at radius 3 is 2.59 bits per heavy atom. The van der Waals surface area contributed by atoms with E-state index in [4.69, 9.17) is 4.74 Å². The molecule has 0 aliphatic carbocycles. The molecule has 0 aromatic carbocycles. The Morgan fingerprint density at radius 1 is 1.19 bits per heavy atom. The lowest BCUT2D eigenvalue weighted by Crippen LogP contribution is -2.40. The summed E-state index contributed by atoms with van der Waals surface area (Å²) >= 11 is 1.43. The summed E-state index contributed by atoms with van der Waals surface area (Å²) < 4.78 is 5.27. The summed E-state index contributed by atoms with van der Waals surface area (Å²) in [5.74, 6) is -0.672. The molecular formula is C19H21N3O4S. The van der Waals surface area contributed by atoms with Gasteiger partial charge in [-0.15, -0.1) is 11.3 Å². The smallest absolute Gasteiger partial charge is 0.309 e. The van der Waals surface area contributed by atoms with Crippen LogP contribution in [0.15, 0.2) is 42.0 Å². The third-order valence-corrected chi connectivity index (χ3v) is 5.28. The fourth-order valence-corrected chi connectivity index (χ4v) is 3.60. The third-order valence-electron chi connectivity index (χ3n) is 4.42. The maximum Gasteiger partial charge on any atom is 0.309 e. The van der Waals surface area contributed by atoms with Gasteiger partial charge in [0.1, 0.15) is 6.61 Å². The van der Waals surface area contributed by atoms with Crippen molar-refractivity contribution < 1.29 is 19.1 Å². The molecule has 2 aromatic rings. The number of carbonyl (C=O) groups excluding carboxylic acids is 3. The van der Waals surface area contributed by atoms with Crippen molar-refractivity contribution in [1.29, 1.82) is 0 Å². The molecule has 2 amide bonds. The number of nitrogens with one attached hydrogen (secondary N) is 1. The van der Waals surface area contributed by atoms with Crippen LogP contribution < -0.4 is 5.32 Å². The topological polar surface area (TPSA) is 88.6 Å². The second-order valence-corrected chi connectivity index (χ2v) is 7.15. The van der Waals surface area contributed by atoms with Gasteiger partial charge in [-0.3, -0.25) is 19.4 Å². The van der Waals surface area contributed by atoms with Gasteiger partial charge < -0.3 is 15.0 Å². The van der Waals surface area contributed by atoms with Crippen molar-refractivity contribution in [3.63, 3.8) is 0 Å². The monoisotopic (exact) mass is 387 g/mol. The minimum atomic E-state index is -0.267. The van der Waals surface area contributed by atoms with Crippen molar-refractivity contribution in [3.05, 3.63) is 52.5 Å². The van der Waals surface area contributed by atoms with Gasteiger partial charge in [-0.25, -0.2) is 0 Å². The molecule has 0 saturated carbocycles. The van der Waals surface area contributed by atoms with Crippen molar-refractivity contribution in [2.75, 3.05) is 26.2 Å². The molecular weight excluding hydrogens is 366 g/mol. The van der Waals surface area contributed by atoms with Crippen LogP contribution in [0.3, 0.4) is 0 Å². The molecule has 0 unspecified atom stereocenters. The molecule has 0 bridgehead atoms. The highest BCUT2D eigenvalue weighted by molar-refractivity contribution is 7.12. The number of rotatable bonds is 6. The molecule has 1 aliphatic rings. The first-order valence-electron chi connectivity index (χ1n) is 8.83. The molecule has 1 N–H and O–H groups in total. The Morgan fingerprint density at radius 2 is 1.93 bits per heavy atom. The van der Waals surface area contributed by atoms with Crippen molar-refractivity contribution in [3.8, 4) is 0 Å². The number of carbonyl (C=O) groups is 3. The van der Waals surface area contributed by atoms with E-state index in [-0.39, 0.29) is 36.9 Å². The molecule has 27 heavy (non-hydrogen) atoms. The van der Waals surface area contributed by atoms with Crippen LogP contribution in [0.1, 0.15) is 32.9 Å². The molecule has 0 radical (unpaired) electrons. The normalized spacial score (nSPS) is 14.6. The molecule has 3 rings (SSSR count). The first kappa shape index (κ1) is 19.0. The second kappa shape index (κ2) is 9.27. The number of esters is 1. The predicted octanol–water partition coefficient (Wildman–Crippen LogP) is 1.97. The van der Waals surface area contributed by atoms with Crippen LogP contribution in [0.25, 0.3) is 0 Å². The number of pyridine rings is 1. The predicted molar refractivity (Wildman–Crippen MR) is 100 cm³/mol. The van der Waals surface area contributed by atoms with Crippen LogP contribution in [0.5, 0.6) is 0 Å². The van der Waals surface area contributed by atoms with Gasteiger partial charge in [-0.2, -0.15) is 0 Å². The maximum absolute atomic E-state index is 12.3. The van der Waals surface area contributed by atoms with Gasteiger partial charge in [0.15, 0.2) is 0 Å². The SMILES string of the molecule is O=C(NCCOC(=O)C1CCN(C(=O)c2cccs2)CC1)c1ccncc1. The molecule has 8 heteroatoms. The zero-order valence-electron chi connectivity index (χ0n) is 14.8. The van der Waals surface area contributed by atoms with E-state index >= 15 is 0 Å². The van der Waals surface area contributed by atoms with E-state index in [2.05, 4.69) is 10.3 Å². The lowest BCUT2D eigenvalue weighted by Gasteiger charge is -2.30. The molecule has 0 atom stereocenters. The van der Waals surface area contributed by atoms with Gasteiger partial charge in [0.25, 0.3) is 11.8 Å². The number of amides is 2. The average Bonchev–Trinajstić information content (AvgIpc) is 3.26. The Balaban J connectivity index is 1.35. The van der Waals surface area contributed by atoms with Gasteiger partial charge in [0.05, 0.1) is 17.3 Å². The molecule has 142 valence electrons. The number of hydrogen-bond acceptors (Lipinski definition) is 6. The van der Waals surface area contributed by atoms with Gasteiger partial charge in [-0.05, 0) is 36.4 Å². The van der Waals surface area contributed by atoms with Crippen molar-refractivity contribution in [2.24, 2.45) is 5.92 Å². The standard InChI is InChI=1S/C19H21N3O4S/c23-17(14-3-7-20-8-4-14)21-9-12-26-19(25)15-5-10-22(11-6-15)18(24)16-2-1-13-27-16/h1-4,7-8,13,15H,5-6,9-12H2,(H,21,23). The molecule has 3 heterocycles. The van der Waals surface area contributed by atoms with E-state index in [1.165, 1.54) is 11.3 Å². The van der Waals surface area contributed by atoms with Gasteiger partial charge in [0.2, 0.25) is 0 Å². The van der Waals surface area contributed by atoms with E-state index in [9.17, 15) is 14.4 Å². The van der Waals surface area contributed by atoms with Gasteiger partial charge >= 0.3 is 5.97 Å². The zero-order chi connectivity index (χ0) is 19.1. The molecule has 1 saturated heterocycles. The molecule has 7 nitrogen and oxygen atoms in total. The van der Waals surface area contributed by atoms with Crippen molar-refractivity contribution in [1.82, 2.24) is 15.2 Å². The van der Waals surface area contributed by atoms with Crippen LogP contribution in [-0.4, -0.2) is 53.9 Å². The zero-order valence-corrected chi connectivity index (χ0v) is 15.6. The maximum atomic E-state index is 12.3. The Bertz CT molecular complexity index is 772. The summed E-state index contributed by atoms with van der Waals surface area (Å²) in [6, 6.07) is 6.91. The number of hydrogen-bond donors (Lipinski definition) is 1. The first-order valence-corrected chi connectivity index (χ1v) is 9.71. The van der Waals surface area contributed by atoms with Crippen molar-refractivity contribution >= 4 is 29.1 Å². The molecule has 1 fully saturated rings. The third kappa shape index (κ3) is 5.13. The summed E-state index contributed by atoms with van der Waals surface area (Å²) in [5.41, 5.74) is 0.513. The number of piperidine rings is 1. The first-order chi connectivity index (χ1) is 13.1. The van der Waals surface area contributed by atoms with Crippen molar-refractivity contribution in [2.45, 2.75) is 12.8 Å². The largest absolute Gasteiger partial charge is 0.464 e. The average molecular weight is 387 g/mol. The fraction of sp³-hybridized carbons (Fsp3) is 0.368. The Kier molecular flexibility index (Phi) is 6.54. The summed E-state index contributed by atoms with van der Waals surface area (Å²) in [4.78, 5) is 42.7. The number of aromatic nitrogens is 1. The number of likely N-dealkylation sites (tertiary alicyclic amines) is 1. The highest BCUT2D eigenvalue weighted by atomic mass is 32.1. The quantitative estimate of drug-likeness (QED) is 0.605. The van der Waals surface area contributed by atoms with E-state index in [1.54, 1.807) is 29.4 Å². The lowest BCUT2D eigenvalue weighted by atomic mass is 9.97. The van der Waals surface area contributed by atoms with Crippen LogP contribution in [0, 0.1) is 5.92 Å². The number of ether oxygens (including phenoxy) is 1. The molecule has 0 spiro atoms. The van der Waals surface area contributed by atoms with Crippen LogP contribution in [-0.2, 0) is 9.53 Å². The van der Waals surface area contributed by atoms with E-state index in [0.717, 1.165) is 4.88 Å². The summed E-state index contributed by atoms with van der Waals surface area (Å²) in [5, 5.41) is 4.58. The Labute approximate surface area is 161 Å². The minimum Gasteiger partial charge on any atom is -0.464 e. The summed E-state index contributed by atoms with van der Waals surface area (Å²) in [6.07, 6.45) is 4.29. The molecule has 1 aliphatic heterocycles. The van der Waals surface area contributed by atoms with Gasteiger partial charge in [-0.1, -0.05) is 6.07 Å². The van der Waals surface area contributed by atoms with Gasteiger partial charge in [0, 0.05) is 31.0 Å². The second-order valence-electron chi connectivity index (χ2n) is 6.20. The minimum absolute atomic E-state index is 0.0237. The van der Waals surface area contributed by atoms with E-state index < -0.39 is 0 Å². The summed E-state index contributed by atoms with van der Waals surface area (Å²) in [6.45, 7) is 1.48. The molecule has 2 aromatic heterocycles. The number of nitrogens with zero attached hydrogens (tertiary/aromatic N) is 2. The van der Waals surface area contributed by atoms with Crippen LogP contribution in [0.2, 0.25) is 0 Å².